The molecule has 0 unspecified atom stereocenters. The van der Waals surface area contributed by atoms with E-state index in [0.29, 0.717) is 53.8 Å². The van der Waals surface area contributed by atoms with Gasteiger partial charge in [0.25, 0.3) is 0 Å². The fourth-order valence-electron chi connectivity index (χ4n) is 4.52. The molecule has 0 radical (unpaired) electrons. The van der Waals surface area contributed by atoms with Gasteiger partial charge in [-0.2, -0.15) is 18.2 Å². The van der Waals surface area contributed by atoms with E-state index < -0.39 is 36.0 Å². The Morgan fingerprint density at radius 1 is 1.13 bits per heavy atom. The van der Waals surface area contributed by atoms with Crippen LogP contribution in [-0.4, -0.2) is 45.3 Å². The molecular weight excluding hydrogens is 513 g/mol. The van der Waals surface area contributed by atoms with Gasteiger partial charge in [-0.25, -0.2) is 18.7 Å². The van der Waals surface area contributed by atoms with E-state index in [9.17, 15) is 26.7 Å². The number of carbonyl (C=O) groups excluding carboxylic acids is 1. The minimum atomic E-state index is -4.43. The Labute approximate surface area is 212 Å². The molecule has 0 bridgehead atoms. The molecule has 5 rings (SSSR count). The molecule has 8 nitrogen and oxygen atoms in total. The summed E-state index contributed by atoms with van der Waals surface area (Å²) < 4.78 is 77.0. The van der Waals surface area contributed by atoms with E-state index in [2.05, 4.69) is 20.1 Å². The van der Waals surface area contributed by atoms with Crippen LogP contribution in [0.3, 0.4) is 0 Å². The fourth-order valence-corrected chi connectivity index (χ4v) is 4.52. The zero-order valence-corrected chi connectivity index (χ0v) is 19.9. The smallest absolute Gasteiger partial charge is 0.396 e. The number of ether oxygens (including phenoxy) is 1. The third kappa shape index (κ3) is 5.41. The number of rotatable bonds is 5. The molecule has 2 aromatic heterocycles. The fraction of sp³-hybridized carbons (Fsp3) is 0.320. The minimum absolute atomic E-state index is 0.156. The van der Waals surface area contributed by atoms with Gasteiger partial charge in [-0.05, 0) is 42.7 Å². The quantitative estimate of drug-likeness (QED) is 0.192. The van der Waals surface area contributed by atoms with Crippen LogP contribution in [0.4, 0.5) is 27.8 Å². The maximum absolute atomic E-state index is 14.7. The molecule has 1 saturated heterocycles. The molecular formula is C25H20F5N5O3. The molecule has 2 aromatic carbocycles. The molecule has 198 valence electrons. The van der Waals surface area contributed by atoms with Gasteiger partial charge < -0.3 is 14.2 Å². The SMILES string of the molecule is CC(=O)Oc1ccc(-c2cc(F)cc3c(N4CCC(c5nc(CC(F)(F)F)no5)CC4)ncnc23)cc1F. The Morgan fingerprint density at radius 3 is 2.58 bits per heavy atom. The zero-order chi connectivity index (χ0) is 27.0. The van der Waals surface area contributed by atoms with Crippen LogP contribution in [-0.2, 0) is 11.2 Å². The maximum atomic E-state index is 14.7. The topological polar surface area (TPSA) is 94.2 Å². The van der Waals surface area contributed by atoms with Crippen molar-refractivity contribution in [3.63, 3.8) is 0 Å². The van der Waals surface area contributed by atoms with Crippen LogP contribution >= 0.6 is 0 Å². The Bertz CT molecular complexity index is 1500. The van der Waals surface area contributed by atoms with E-state index in [1.807, 2.05) is 4.90 Å². The standard InChI is InChI=1S/C25H20F5N5O3/c1-13(36)37-20-3-2-15(8-19(20)27)17-9-16(26)10-18-22(17)31-12-32-23(18)35-6-4-14(5-7-35)24-33-21(34-38-24)11-25(28,29)30/h2-3,8-10,12,14H,4-7,11H2,1H3. The van der Waals surface area contributed by atoms with Crippen LogP contribution in [0.2, 0.25) is 0 Å². The summed E-state index contributed by atoms with van der Waals surface area (Å²) in [5, 5.41) is 3.85. The molecule has 0 aliphatic carbocycles. The molecule has 1 aliphatic heterocycles. The number of halogens is 5. The predicted molar refractivity (Wildman–Crippen MR) is 124 cm³/mol. The van der Waals surface area contributed by atoms with Gasteiger partial charge in [-0.3, -0.25) is 4.79 Å². The molecule has 4 aromatic rings. The van der Waals surface area contributed by atoms with Crippen LogP contribution in [0, 0.1) is 11.6 Å². The lowest BCUT2D eigenvalue weighted by molar-refractivity contribution is -0.132. The highest BCUT2D eigenvalue weighted by Gasteiger charge is 2.32. The van der Waals surface area contributed by atoms with Gasteiger partial charge >= 0.3 is 12.1 Å². The van der Waals surface area contributed by atoms with Crippen molar-refractivity contribution >= 4 is 22.7 Å². The van der Waals surface area contributed by atoms with Gasteiger partial charge in [-0.15, -0.1) is 0 Å². The van der Waals surface area contributed by atoms with Crippen LogP contribution < -0.4 is 9.64 Å². The van der Waals surface area contributed by atoms with Crippen molar-refractivity contribution in [3.8, 4) is 16.9 Å². The summed E-state index contributed by atoms with van der Waals surface area (Å²) in [6.45, 7) is 2.05. The summed E-state index contributed by atoms with van der Waals surface area (Å²) in [4.78, 5) is 25.7. The summed E-state index contributed by atoms with van der Waals surface area (Å²) in [6.07, 6.45) is -3.35. The molecule has 3 heterocycles. The molecule has 38 heavy (non-hydrogen) atoms. The lowest BCUT2D eigenvalue weighted by Gasteiger charge is -2.32. The Kier molecular flexibility index (Phi) is 6.67. The molecule has 0 saturated carbocycles. The summed E-state index contributed by atoms with van der Waals surface area (Å²) >= 11 is 0. The van der Waals surface area contributed by atoms with Crippen LogP contribution in [0.5, 0.6) is 5.75 Å². The summed E-state index contributed by atoms with van der Waals surface area (Å²) in [7, 11) is 0. The normalized spacial score (nSPS) is 14.7. The Morgan fingerprint density at radius 2 is 1.89 bits per heavy atom. The van der Waals surface area contributed by atoms with E-state index in [1.54, 1.807) is 0 Å². The summed E-state index contributed by atoms with van der Waals surface area (Å²) in [5.41, 5.74) is 1.05. The number of nitrogens with zero attached hydrogens (tertiary/aromatic N) is 5. The van der Waals surface area contributed by atoms with Crippen LogP contribution in [0.1, 0.15) is 37.4 Å². The largest absolute Gasteiger partial charge is 0.424 e. The summed E-state index contributed by atoms with van der Waals surface area (Å²) in [6, 6.07) is 6.45. The Balaban J connectivity index is 1.40. The van der Waals surface area contributed by atoms with Crippen molar-refractivity contribution in [2.75, 3.05) is 18.0 Å². The second kappa shape index (κ2) is 9.95. The number of benzene rings is 2. The first kappa shape index (κ1) is 25.5. The minimum Gasteiger partial charge on any atom is -0.424 e. The number of anilines is 1. The van der Waals surface area contributed by atoms with Crippen molar-refractivity contribution in [1.82, 2.24) is 20.1 Å². The van der Waals surface area contributed by atoms with Gasteiger partial charge in [0.05, 0.1) is 5.52 Å². The molecule has 13 heteroatoms. The maximum Gasteiger partial charge on any atom is 0.396 e. The third-order valence-corrected chi connectivity index (χ3v) is 6.17. The molecule has 0 atom stereocenters. The Hall–Kier alpha value is -4.16. The highest BCUT2D eigenvalue weighted by atomic mass is 19.4. The monoisotopic (exact) mass is 533 g/mol. The second-order valence-corrected chi connectivity index (χ2v) is 8.89. The highest BCUT2D eigenvalue weighted by molar-refractivity contribution is 5.99. The van der Waals surface area contributed by atoms with Gasteiger partial charge in [0.1, 0.15) is 24.4 Å². The zero-order valence-electron chi connectivity index (χ0n) is 19.9. The summed E-state index contributed by atoms with van der Waals surface area (Å²) in [5.74, 6) is -2.28. The third-order valence-electron chi connectivity index (χ3n) is 6.17. The second-order valence-electron chi connectivity index (χ2n) is 8.89. The first-order chi connectivity index (χ1) is 18.1. The average Bonchev–Trinajstić information content (AvgIpc) is 3.31. The number of alkyl halides is 3. The van der Waals surface area contributed by atoms with E-state index in [-0.39, 0.29) is 17.6 Å². The van der Waals surface area contributed by atoms with Crippen LogP contribution in [0.15, 0.2) is 41.2 Å². The van der Waals surface area contributed by atoms with Gasteiger partial charge in [0.15, 0.2) is 17.4 Å². The number of esters is 1. The van der Waals surface area contributed by atoms with Crippen molar-refractivity contribution in [1.29, 1.82) is 0 Å². The first-order valence-corrected chi connectivity index (χ1v) is 11.6. The number of piperidine rings is 1. The van der Waals surface area contributed by atoms with Crippen molar-refractivity contribution in [3.05, 3.63) is 60.0 Å². The molecule has 1 aliphatic rings. The molecule has 1 fully saturated rings. The van der Waals surface area contributed by atoms with E-state index in [4.69, 9.17) is 9.26 Å². The van der Waals surface area contributed by atoms with Gasteiger partial charge in [0, 0.05) is 36.9 Å². The van der Waals surface area contributed by atoms with Crippen molar-refractivity contribution < 1.29 is 36.0 Å². The van der Waals surface area contributed by atoms with Gasteiger partial charge in [-0.1, -0.05) is 11.2 Å². The number of aromatic nitrogens is 4. The number of fused-ring (bicyclic) bond motifs is 1. The van der Waals surface area contributed by atoms with Crippen LogP contribution in [0.25, 0.3) is 22.0 Å². The number of hydrogen-bond acceptors (Lipinski definition) is 8. The predicted octanol–water partition coefficient (Wildman–Crippen LogP) is 5.37. The van der Waals surface area contributed by atoms with E-state index in [0.717, 1.165) is 13.0 Å². The molecule has 0 N–H and O–H groups in total. The lowest BCUT2D eigenvalue weighted by Crippen LogP contribution is -2.33. The first-order valence-electron chi connectivity index (χ1n) is 11.6. The van der Waals surface area contributed by atoms with Crippen molar-refractivity contribution in [2.24, 2.45) is 0 Å². The van der Waals surface area contributed by atoms with Crippen molar-refractivity contribution in [2.45, 2.75) is 38.3 Å². The van der Waals surface area contributed by atoms with Gasteiger partial charge in [0.2, 0.25) is 5.89 Å². The van der Waals surface area contributed by atoms with E-state index >= 15 is 0 Å². The number of carbonyl (C=O) groups is 1. The highest BCUT2D eigenvalue weighted by Crippen LogP contribution is 2.36. The molecule has 0 amide bonds. The van der Waals surface area contributed by atoms with E-state index in [1.165, 1.54) is 30.6 Å². The lowest BCUT2D eigenvalue weighted by atomic mass is 9.96. The molecule has 0 spiro atoms. The number of hydrogen-bond donors (Lipinski definition) is 0. The average molecular weight is 533 g/mol.